The van der Waals surface area contributed by atoms with Gasteiger partial charge in [0.25, 0.3) is 0 Å². The molecule has 1 heterocycles. The smallest absolute Gasteiger partial charge is 0.341 e. The summed E-state index contributed by atoms with van der Waals surface area (Å²) in [7, 11) is 2.89. The number of rotatable bonds is 3. The molecule has 1 aliphatic carbocycles. The second-order valence-electron chi connectivity index (χ2n) is 5.72. The first kappa shape index (κ1) is 15.7. The van der Waals surface area contributed by atoms with Crippen molar-refractivity contribution >= 4 is 34.2 Å². The molecule has 0 amide bonds. The standard InChI is InChI=1S/C15H13ClF2N2O3/c1-19(2)13-8-12(9(16)10(17)11(13)18)20(6-3-4-6)5-7(14(8)21)15(22)23/h5-6H,3-4H2,1-2H3,(H,22,23). The van der Waals surface area contributed by atoms with Crippen LogP contribution in [-0.2, 0) is 0 Å². The molecule has 0 radical (unpaired) electrons. The van der Waals surface area contributed by atoms with E-state index in [9.17, 15) is 23.5 Å². The fraction of sp³-hybridized carbons (Fsp3) is 0.333. The highest BCUT2D eigenvalue weighted by Gasteiger charge is 2.32. The van der Waals surface area contributed by atoms with E-state index in [0.29, 0.717) is 0 Å². The van der Waals surface area contributed by atoms with Crippen LogP contribution in [0.3, 0.4) is 0 Å². The van der Waals surface area contributed by atoms with Gasteiger partial charge in [0.05, 0.1) is 16.6 Å². The summed E-state index contributed by atoms with van der Waals surface area (Å²) in [6.07, 6.45) is 2.67. The number of aromatic nitrogens is 1. The number of hydrogen-bond acceptors (Lipinski definition) is 3. The lowest BCUT2D eigenvalue weighted by atomic mass is 10.1. The highest BCUT2D eigenvalue weighted by atomic mass is 35.5. The minimum absolute atomic E-state index is 0.0340. The van der Waals surface area contributed by atoms with Gasteiger partial charge in [-0.05, 0) is 12.8 Å². The molecular weight excluding hydrogens is 330 g/mol. The Bertz CT molecular complexity index is 904. The molecule has 0 aliphatic heterocycles. The van der Waals surface area contributed by atoms with Crippen molar-refractivity contribution < 1.29 is 18.7 Å². The van der Waals surface area contributed by atoms with E-state index in [-0.39, 0.29) is 22.6 Å². The van der Waals surface area contributed by atoms with Crippen LogP contribution >= 0.6 is 11.6 Å². The Labute approximate surface area is 134 Å². The molecule has 122 valence electrons. The molecule has 23 heavy (non-hydrogen) atoms. The summed E-state index contributed by atoms with van der Waals surface area (Å²) < 4.78 is 29.9. The highest BCUT2D eigenvalue weighted by molar-refractivity contribution is 6.36. The van der Waals surface area contributed by atoms with Gasteiger partial charge in [0.2, 0.25) is 5.43 Å². The lowest BCUT2D eigenvalue weighted by Crippen LogP contribution is -2.23. The molecule has 0 unspecified atom stereocenters. The van der Waals surface area contributed by atoms with E-state index in [0.717, 1.165) is 19.0 Å². The number of nitrogens with zero attached hydrogens (tertiary/aromatic N) is 2. The molecule has 0 atom stereocenters. The molecule has 1 aromatic carbocycles. The second-order valence-corrected chi connectivity index (χ2v) is 6.10. The maximum absolute atomic E-state index is 14.3. The quantitative estimate of drug-likeness (QED) is 0.871. The van der Waals surface area contributed by atoms with Crippen molar-refractivity contribution in [1.29, 1.82) is 0 Å². The molecule has 0 bridgehead atoms. The normalized spacial score (nSPS) is 14.3. The molecule has 1 saturated carbocycles. The van der Waals surface area contributed by atoms with E-state index in [1.165, 1.54) is 23.6 Å². The Balaban J connectivity index is 2.62. The number of pyridine rings is 1. The Morgan fingerprint density at radius 2 is 1.96 bits per heavy atom. The monoisotopic (exact) mass is 342 g/mol. The summed E-state index contributed by atoms with van der Waals surface area (Å²) in [5, 5.41) is 8.52. The van der Waals surface area contributed by atoms with Gasteiger partial charge in [0, 0.05) is 26.3 Å². The predicted octanol–water partition coefficient (Wildman–Crippen LogP) is 3.03. The maximum atomic E-state index is 14.3. The van der Waals surface area contributed by atoms with Crippen LogP contribution in [0, 0.1) is 11.6 Å². The first-order chi connectivity index (χ1) is 10.8. The van der Waals surface area contributed by atoms with Gasteiger partial charge in [-0.2, -0.15) is 0 Å². The molecule has 1 aliphatic rings. The molecule has 1 fully saturated rings. The SMILES string of the molecule is CN(C)c1c(F)c(F)c(Cl)c2c1c(=O)c(C(=O)O)cn2C1CC1. The summed E-state index contributed by atoms with van der Waals surface area (Å²) in [4.78, 5) is 25.1. The summed E-state index contributed by atoms with van der Waals surface area (Å²) in [6, 6.07) is -0.0754. The minimum Gasteiger partial charge on any atom is -0.477 e. The first-order valence-electron chi connectivity index (χ1n) is 6.91. The Morgan fingerprint density at radius 3 is 2.43 bits per heavy atom. The third-order valence-electron chi connectivity index (χ3n) is 3.89. The van der Waals surface area contributed by atoms with E-state index in [4.69, 9.17) is 11.6 Å². The van der Waals surface area contributed by atoms with E-state index < -0.39 is 33.6 Å². The van der Waals surface area contributed by atoms with Crippen molar-refractivity contribution in [1.82, 2.24) is 4.57 Å². The summed E-state index contributed by atoms with van der Waals surface area (Å²) >= 11 is 5.95. The third kappa shape index (κ3) is 2.26. The van der Waals surface area contributed by atoms with Crippen LogP contribution in [0.1, 0.15) is 29.2 Å². The van der Waals surface area contributed by atoms with Crippen LogP contribution in [0.5, 0.6) is 0 Å². The van der Waals surface area contributed by atoms with Gasteiger partial charge >= 0.3 is 5.97 Å². The van der Waals surface area contributed by atoms with Gasteiger partial charge in [-0.25, -0.2) is 13.6 Å². The zero-order valence-corrected chi connectivity index (χ0v) is 13.1. The van der Waals surface area contributed by atoms with Gasteiger partial charge in [-0.1, -0.05) is 11.6 Å². The molecule has 2 aromatic rings. The van der Waals surface area contributed by atoms with E-state index in [1.807, 2.05) is 0 Å². The Morgan fingerprint density at radius 1 is 1.35 bits per heavy atom. The van der Waals surface area contributed by atoms with Crippen molar-refractivity contribution in [2.45, 2.75) is 18.9 Å². The zero-order chi connectivity index (χ0) is 17.0. The van der Waals surface area contributed by atoms with Crippen LogP contribution in [0.15, 0.2) is 11.0 Å². The number of hydrogen-bond donors (Lipinski definition) is 1. The first-order valence-corrected chi connectivity index (χ1v) is 7.29. The number of carboxylic acid groups (broad SMARTS) is 1. The van der Waals surface area contributed by atoms with Crippen molar-refractivity contribution in [2.24, 2.45) is 0 Å². The average molecular weight is 343 g/mol. The number of aromatic carboxylic acids is 1. The highest BCUT2D eigenvalue weighted by Crippen LogP contribution is 2.42. The van der Waals surface area contributed by atoms with Gasteiger partial charge < -0.3 is 14.6 Å². The Kier molecular flexibility index (Phi) is 3.55. The number of carbonyl (C=O) groups is 1. The summed E-state index contributed by atoms with van der Waals surface area (Å²) in [6.45, 7) is 0. The van der Waals surface area contributed by atoms with Crippen LogP contribution in [0.25, 0.3) is 10.9 Å². The molecule has 8 heteroatoms. The molecule has 3 rings (SSSR count). The van der Waals surface area contributed by atoms with E-state index in [2.05, 4.69) is 0 Å². The lowest BCUT2D eigenvalue weighted by Gasteiger charge is -2.20. The van der Waals surface area contributed by atoms with Crippen molar-refractivity contribution in [3.8, 4) is 0 Å². The number of halogens is 3. The average Bonchev–Trinajstić information content (AvgIpc) is 3.29. The molecule has 0 saturated heterocycles. The maximum Gasteiger partial charge on any atom is 0.341 e. The van der Waals surface area contributed by atoms with Crippen LogP contribution in [0.4, 0.5) is 14.5 Å². The van der Waals surface area contributed by atoms with E-state index in [1.54, 1.807) is 0 Å². The predicted molar refractivity (Wildman–Crippen MR) is 82.7 cm³/mol. The van der Waals surface area contributed by atoms with Gasteiger partial charge in [0.15, 0.2) is 11.6 Å². The lowest BCUT2D eigenvalue weighted by molar-refractivity contribution is 0.0695. The van der Waals surface area contributed by atoms with Gasteiger partial charge in [0.1, 0.15) is 10.6 Å². The van der Waals surface area contributed by atoms with Gasteiger partial charge in [-0.15, -0.1) is 0 Å². The van der Waals surface area contributed by atoms with Crippen LogP contribution in [0.2, 0.25) is 5.02 Å². The largest absolute Gasteiger partial charge is 0.477 e. The Hall–Kier alpha value is -2.15. The summed E-state index contributed by atoms with van der Waals surface area (Å²) in [5.41, 5.74) is -1.64. The number of anilines is 1. The fourth-order valence-electron chi connectivity index (χ4n) is 2.70. The third-order valence-corrected chi connectivity index (χ3v) is 4.24. The zero-order valence-electron chi connectivity index (χ0n) is 12.4. The number of fused-ring (bicyclic) bond motifs is 1. The van der Waals surface area contributed by atoms with E-state index >= 15 is 0 Å². The molecule has 0 spiro atoms. The van der Waals surface area contributed by atoms with Crippen molar-refractivity contribution in [3.63, 3.8) is 0 Å². The molecule has 5 nitrogen and oxygen atoms in total. The minimum atomic E-state index is -1.42. The van der Waals surface area contributed by atoms with Crippen molar-refractivity contribution in [3.05, 3.63) is 38.6 Å². The van der Waals surface area contributed by atoms with Crippen LogP contribution < -0.4 is 10.3 Å². The number of carboxylic acids is 1. The second kappa shape index (κ2) is 5.19. The van der Waals surface area contributed by atoms with Gasteiger partial charge in [-0.3, -0.25) is 4.79 Å². The summed E-state index contributed by atoms with van der Waals surface area (Å²) in [5.74, 6) is -3.94. The number of benzene rings is 1. The van der Waals surface area contributed by atoms with Crippen molar-refractivity contribution in [2.75, 3.05) is 19.0 Å². The topological polar surface area (TPSA) is 62.5 Å². The fourth-order valence-corrected chi connectivity index (χ4v) is 2.98. The molecular formula is C15H13ClF2N2O3. The molecule has 1 aromatic heterocycles. The van der Waals surface area contributed by atoms with Crippen LogP contribution in [-0.4, -0.2) is 29.7 Å². The molecule has 1 N–H and O–H groups in total.